The van der Waals surface area contributed by atoms with Crippen LogP contribution in [0.15, 0.2) is 24.3 Å². The molecule has 3 heterocycles. The molecule has 0 spiro atoms. The number of benzene rings is 1. The van der Waals surface area contributed by atoms with Crippen LogP contribution in [0.5, 0.6) is 0 Å². The summed E-state index contributed by atoms with van der Waals surface area (Å²) in [7, 11) is 0. The van der Waals surface area contributed by atoms with E-state index in [4.69, 9.17) is 0 Å². The van der Waals surface area contributed by atoms with Gasteiger partial charge < -0.3 is 14.7 Å². The van der Waals surface area contributed by atoms with Gasteiger partial charge in [0, 0.05) is 69.1 Å². The fourth-order valence-corrected chi connectivity index (χ4v) is 4.34. The molecule has 0 aliphatic carbocycles. The van der Waals surface area contributed by atoms with Gasteiger partial charge in [-0.1, -0.05) is 19.8 Å². The molecule has 4 rings (SSSR count). The molecular weight excluding hydrogens is 397 g/mol. The fourth-order valence-electron chi connectivity index (χ4n) is 4.34. The molecule has 2 amide bonds. The lowest BCUT2D eigenvalue weighted by molar-refractivity contribution is -0.132. The number of fused-ring (bicyclic) bond motifs is 1. The molecule has 1 saturated heterocycles. The highest BCUT2D eigenvalue weighted by atomic mass is 19.1. The smallest absolute Gasteiger partial charge is 0.274 e. The fraction of sp³-hybridized carbons (Fsp3) is 0.522. The van der Waals surface area contributed by atoms with Crippen molar-refractivity contribution in [2.45, 2.75) is 45.6 Å². The van der Waals surface area contributed by atoms with E-state index in [1.54, 1.807) is 12.1 Å². The number of carbonyl (C=O) groups is 2. The van der Waals surface area contributed by atoms with E-state index in [-0.39, 0.29) is 17.6 Å². The van der Waals surface area contributed by atoms with Gasteiger partial charge in [0.1, 0.15) is 5.82 Å². The quantitative estimate of drug-likeness (QED) is 0.720. The topological polar surface area (TPSA) is 72.5 Å². The van der Waals surface area contributed by atoms with E-state index in [1.165, 1.54) is 12.1 Å². The average Bonchev–Trinajstić information content (AvgIpc) is 3.22. The summed E-state index contributed by atoms with van der Waals surface area (Å²) in [5.74, 6) is -0.179. The Hall–Kier alpha value is -2.90. The first-order chi connectivity index (χ1) is 15.1. The van der Waals surface area contributed by atoms with Crippen molar-refractivity contribution in [2.75, 3.05) is 37.6 Å². The lowest BCUT2D eigenvalue weighted by Crippen LogP contribution is -2.49. The van der Waals surface area contributed by atoms with Crippen LogP contribution in [0.25, 0.3) is 0 Å². The lowest BCUT2D eigenvalue weighted by Gasteiger charge is -2.36. The van der Waals surface area contributed by atoms with E-state index >= 15 is 0 Å². The number of hydrogen-bond donors (Lipinski definition) is 1. The zero-order valence-electron chi connectivity index (χ0n) is 18.1. The summed E-state index contributed by atoms with van der Waals surface area (Å²) in [6.07, 6.45) is 4.33. The highest BCUT2D eigenvalue weighted by molar-refractivity contribution is 5.94. The van der Waals surface area contributed by atoms with E-state index in [0.29, 0.717) is 57.8 Å². The van der Waals surface area contributed by atoms with Crippen molar-refractivity contribution >= 4 is 17.5 Å². The zero-order valence-corrected chi connectivity index (χ0v) is 18.1. The van der Waals surface area contributed by atoms with Crippen LogP contribution >= 0.6 is 0 Å². The number of piperazine rings is 1. The maximum absolute atomic E-state index is 13.2. The Balaban J connectivity index is 1.38. The molecule has 0 saturated carbocycles. The first kappa shape index (κ1) is 21.3. The number of aromatic amines is 1. The van der Waals surface area contributed by atoms with Crippen molar-refractivity contribution in [1.82, 2.24) is 20.0 Å². The predicted octanol–water partition coefficient (Wildman–Crippen LogP) is 2.98. The molecule has 1 fully saturated rings. The summed E-state index contributed by atoms with van der Waals surface area (Å²) < 4.78 is 13.2. The number of anilines is 1. The minimum Gasteiger partial charge on any atom is -0.368 e. The molecule has 2 aliphatic heterocycles. The molecule has 1 aromatic carbocycles. The average molecular weight is 428 g/mol. The Labute approximate surface area is 182 Å². The minimum atomic E-state index is -0.251. The summed E-state index contributed by atoms with van der Waals surface area (Å²) in [6.45, 7) is 5.78. The minimum absolute atomic E-state index is 0.0865. The third kappa shape index (κ3) is 4.73. The number of nitrogens with zero attached hydrogens (tertiary/aromatic N) is 4. The molecule has 0 atom stereocenters. The number of H-pyrrole nitrogens is 1. The highest BCUT2D eigenvalue weighted by Gasteiger charge is 2.31. The normalized spacial score (nSPS) is 16.4. The van der Waals surface area contributed by atoms with Gasteiger partial charge >= 0.3 is 0 Å². The second-order valence-corrected chi connectivity index (χ2v) is 8.31. The Bertz CT molecular complexity index is 919. The number of rotatable bonds is 6. The van der Waals surface area contributed by atoms with Crippen LogP contribution in [0.2, 0.25) is 0 Å². The van der Waals surface area contributed by atoms with Crippen molar-refractivity contribution in [3.63, 3.8) is 0 Å². The van der Waals surface area contributed by atoms with Crippen LogP contribution in [0, 0.1) is 5.82 Å². The van der Waals surface area contributed by atoms with E-state index in [0.717, 1.165) is 36.2 Å². The Kier molecular flexibility index (Phi) is 6.53. The Morgan fingerprint density at radius 2 is 1.77 bits per heavy atom. The van der Waals surface area contributed by atoms with Gasteiger partial charge in [0.15, 0.2) is 5.69 Å². The molecular formula is C23H30FN5O2. The number of halogens is 1. The first-order valence-corrected chi connectivity index (χ1v) is 11.2. The third-order valence-electron chi connectivity index (χ3n) is 6.24. The van der Waals surface area contributed by atoms with Crippen LogP contribution < -0.4 is 4.90 Å². The monoisotopic (exact) mass is 427 g/mol. The summed E-state index contributed by atoms with van der Waals surface area (Å²) in [5.41, 5.74) is 3.23. The van der Waals surface area contributed by atoms with Crippen molar-refractivity contribution in [1.29, 1.82) is 0 Å². The van der Waals surface area contributed by atoms with E-state index in [1.807, 2.05) is 9.80 Å². The van der Waals surface area contributed by atoms with Crippen molar-refractivity contribution in [3.05, 3.63) is 47.0 Å². The van der Waals surface area contributed by atoms with E-state index < -0.39 is 0 Å². The van der Waals surface area contributed by atoms with Crippen molar-refractivity contribution < 1.29 is 14.0 Å². The molecule has 0 unspecified atom stereocenters. The zero-order chi connectivity index (χ0) is 21.8. The number of carbonyl (C=O) groups excluding carboxylic acids is 2. The molecule has 7 nitrogen and oxygen atoms in total. The SMILES string of the molecule is CCCCCC(=O)N1CCc2[nH]nc(C(=O)N3CCN(c4ccc(F)cc4)CC3)c2C1. The number of hydrogen-bond acceptors (Lipinski definition) is 4. The Morgan fingerprint density at radius 1 is 1.03 bits per heavy atom. The van der Waals surface area contributed by atoms with Crippen molar-refractivity contribution in [3.8, 4) is 0 Å². The molecule has 1 N–H and O–H groups in total. The Morgan fingerprint density at radius 3 is 2.48 bits per heavy atom. The summed E-state index contributed by atoms with van der Waals surface area (Å²) in [6, 6.07) is 6.45. The lowest BCUT2D eigenvalue weighted by atomic mass is 10.0. The van der Waals surface area contributed by atoms with Gasteiger partial charge in [-0.15, -0.1) is 0 Å². The third-order valence-corrected chi connectivity index (χ3v) is 6.24. The second kappa shape index (κ2) is 9.49. The van der Waals surface area contributed by atoms with Gasteiger partial charge in [-0.25, -0.2) is 4.39 Å². The van der Waals surface area contributed by atoms with Gasteiger partial charge in [-0.05, 0) is 30.7 Å². The number of unbranched alkanes of at least 4 members (excludes halogenated alkanes) is 2. The molecule has 166 valence electrons. The molecule has 31 heavy (non-hydrogen) atoms. The van der Waals surface area contributed by atoms with Gasteiger partial charge in [-0.3, -0.25) is 14.7 Å². The van der Waals surface area contributed by atoms with Gasteiger partial charge in [0.25, 0.3) is 5.91 Å². The molecule has 0 radical (unpaired) electrons. The van der Waals surface area contributed by atoms with E-state index in [9.17, 15) is 14.0 Å². The second-order valence-electron chi connectivity index (χ2n) is 8.31. The van der Waals surface area contributed by atoms with Crippen molar-refractivity contribution in [2.24, 2.45) is 0 Å². The van der Waals surface area contributed by atoms with Crippen LogP contribution in [0.4, 0.5) is 10.1 Å². The van der Waals surface area contributed by atoms with Gasteiger partial charge in [-0.2, -0.15) is 5.10 Å². The van der Waals surface area contributed by atoms with Crippen LogP contribution in [-0.4, -0.2) is 64.5 Å². The predicted molar refractivity (Wildman–Crippen MR) is 116 cm³/mol. The number of amides is 2. The number of aromatic nitrogens is 2. The van der Waals surface area contributed by atoms with Crippen LogP contribution in [0.1, 0.15) is 54.4 Å². The maximum Gasteiger partial charge on any atom is 0.274 e. The van der Waals surface area contributed by atoms with Gasteiger partial charge in [0.2, 0.25) is 5.91 Å². The van der Waals surface area contributed by atoms with Crippen LogP contribution in [0.3, 0.4) is 0 Å². The molecule has 0 bridgehead atoms. The van der Waals surface area contributed by atoms with Crippen LogP contribution in [-0.2, 0) is 17.8 Å². The summed E-state index contributed by atoms with van der Waals surface area (Å²) in [5, 5.41) is 7.34. The molecule has 8 heteroatoms. The first-order valence-electron chi connectivity index (χ1n) is 11.2. The summed E-state index contributed by atoms with van der Waals surface area (Å²) in [4.78, 5) is 31.6. The highest BCUT2D eigenvalue weighted by Crippen LogP contribution is 2.24. The molecule has 1 aromatic heterocycles. The number of nitrogens with one attached hydrogen (secondary N) is 1. The standard InChI is InChI=1S/C23H30FN5O2/c1-2-3-4-5-21(30)29-11-10-20-19(16-29)22(26-25-20)23(31)28-14-12-27(13-15-28)18-8-6-17(24)7-9-18/h6-9H,2-5,10-16H2,1H3,(H,25,26). The summed E-state index contributed by atoms with van der Waals surface area (Å²) >= 11 is 0. The largest absolute Gasteiger partial charge is 0.368 e. The van der Waals surface area contributed by atoms with E-state index in [2.05, 4.69) is 22.0 Å². The molecule has 2 aromatic rings. The maximum atomic E-state index is 13.2. The van der Waals surface area contributed by atoms with Gasteiger partial charge in [0.05, 0.1) is 0 Å². The molecule has 2 aliphatic rings.